The van der Waals surface area contributed by atoms with E-state index in [1.165, 1.54) is 12.3 Å². The lowest BCUT2D eigenvalue weighted by Gasteiger charge is -2.19. The molecule has 0 aliphatic carbocycles. The van der Waals surface area contributed by atoms with Gasteiger partial charge in [-0.25, -0.2) is 0 Å². The highest BCUT2D eigenvalue weighted by Gasteiger charge is 2.15. The van der Waals surface area contributed by atoms with Crippen molar-refractivity contribution in [3.63, 3.8) is 0 Å². The van der Waals surface area contributed by atoms with Crippen molar-refractivity contribution in [3.05, 3.63) is 78.1 Å². The third-order valence-electron chi connectivity index (χ3n) is 4.09. The second-order valence-electron chi connectivity index (χ2n) is 6.06. The van der Waals surface area contributed by atoms with E-state index in [0.717, 1.165) is 0 Å². The molecule has 2 amide bonds. The molecule has 28 heavy (non-hydrogen) atoms. The van der Waals surface area contributed by atoms with Crippen LogP contribution in [0.4, 0.5) is 11.4 Å². The van der Waals surface area contributed by atoms with Crippen LogP contribution < -0.4 is 20.1 Å². The number of benzene rings is 2. The Hall–Kier alpha value is -3.87. The molecule has 0 fully saturated rings. The molecule has 0 spiro atoms. The van der Waals surface area contributed by atoms with Crippen molar-refractivity contribution in [1.82, 2.24) is 4.98 Å². The molecule has 2 N–H and O–H groups in total. The molecule has 0 bridgehead atoms. The van der Waals surface area contributed by atoms with Crippen molar-refractivity contribution < 1.29 is 19.1 Å². The van der Waals surface area contributed by atoms with Gasteiger partial charge in [0, 0.05) is 29.2 Å². The first-order valence-electron chi connectivity index (χ1n) is 8.72. The fourth-order valence-corrected chi connectivity index (χ4v) is 2.74. The number of anilines is 2. The standard InChI is InChI=1S/C21H17N3O4/c25-20(23-15-4-2-1-3-5-15)14-8-9-22-17(12-14)21(26)24-16-6-7-18-19(13-16)28-11-10-27-18/h1-9,12-13H,10-11H2,(H,23,25)(H,24,26). The number of carbonyl (C=O) groups is 2. The highest BCUT2D eigenvalue weighted by Crippen LogP contribution is 2.32. The number of pyridine rings is 1. The van der Waals surface area contributed by atoms with Crippen molar-refractivity contribution >= 4 is 23.2 Å². The normalized spacial score (nSPS) is 12.1. The van der Waals surface area contributed by atoms with Gasteiger partial charge in [-0.15, -0.1) is 0 Å². The number of amides is 2. The van der Waals surface area contributed by atoms with E-state index >= 15 is 0 Å². The zero-order valence-corrected chi connectivity index (χ0v) is 14.8. The van der Waals surface area contributed by atoms with E-state index in [-0.39, 0.29) is 11.6 Å². The van der Waals surface area contributed by atoms with E-state index in [9.17, 15) is 9.59 Å². The summed E-state index contributed by atoms with van der Waals surface area (Å²) < 4.78 is 11.0. The fraction of sp³-hybridized carbons (Fsp3) is 0.0952. The van der Waals surface area contributed by atoms with E-state index in [4.69, 9.17) is 9.47 Å². The predicted molar refractivity (Wildman–Crippen MR) is 104 cm³/mol. The highest BCUT2D eigenvalue weighted by molar-refractivity contribution is 6.07. The Morgan fingerprint density at radius 1 is 0.786 bits per heavy atom. The maximum Gasteiger partial charge on any atom is 0.274 e. The third-order valence-corrected chi connectivity index (χ3v) is 4.09. The van der Waals surface area contributed by atoms with Crippen LogP contribution in [0.2, 0.25) is 0 Å². The Balaban J connectivity index is 1.47. The van der Waals surface area contributed by atoms with Crippen LogP contribution in [0.3, 0.4) is 0 Å². The van der Waals surface area contributed by atoms with Crippen LogP contribution in [0, 0.1) is 0 Å². The minimum absolute atomic E-state index is 0.135. The Bertz CT molecular complexity index is 1020. The van der Waals surface area contributed by atoms with Crippen LogP contribution >= 0.6 is 0 Å². The van der Waals surface area contributed by atoms with Gasteiger partial charge in [-0.2, -0.15) is 0 Å². The summed E-state index contributed by atoms with van der Waals surface area (Å²) in [7, 11) is 0. The number of carbonyl (C=O) groups excluding carboxylic acids is 2. The van der Waals surface area contributed by atoms with Gasteiger partial charge in [0.2, 0.25) is 0 Å². The average molecular weight is 375 g/mol. The first kappa shape index (κ1) is 17.5. The SMILES string of the molecule is O=C(Nc1ccccc1)c1ccnc(C(=O)Nc2ccc3c(c2)OCCO3)c1. The Morgan fingerprint density at radius 3 is 2.36 bits per heavy atom. The molecule has 1 aliphatic rings. The average Bonchev–Trinajstić information content (AvgIpc) is 2.74. The molecule has 4 rings (SSSR count). The Labute approximate surface area is 161 Å². The van der Waals surface area contributed by atoms with E-state index in [2.05, 4.69) is 15.6 Å². The number of nitrogens with one attached hydrogen (secondary N) is 2. The van der Waals surface area contributed by atoms with Crippen molar-refractivity contribution in [2.75, 3.05) is 23.8 Å². The number of nitrogens with zero attached hydrogens (tertiary/aromatic N) is 1. The highest BCUT2D eigenvalue weighted by atomic mass is 16.6. The van der Waals surface area contributed by atoms with Gasteiger partial charge in [0.1, 0.15) is 18.9 Å². The third kappa shape index (κ3) is 3.93. The number of fused-ring (bicyclic) bond motifs is 1. The maximum atomic E-state index is 12.5. The number of ether oxygens (including phenoxy) is 2. The van der Waals surface area contributed by atoms with Crippen molar-refractivity contribution in [3.8, 4) is 11.5 Å². The first-order valence-corrected chi connectivity index (χ1v) is 8.72. The molecule has 0 atom stereocenters. The maximum absolute atomic E-state index is 12.5. The second-order valence-corrected chi connectivity index (χ2v) is 6.06. The van der Waals surface area contributed by atoms with Crippen LogP contribution in [0.25, 0.3) is 0 Å². The molecule has 0 unspecified atom stereocenters. The Morgan fingerprint density at radius 2 is 1.54 bits per heavy atom. The number of para-hydroxylation sites is 1. The molecule has 1 aliphatic heterocycles. The van der Waals surface area contributed by atoms with Gasteiger partial charge in [0.25, 0.3) is 11.8 Å². The molecule has 140 valence electrons. The summed E-state index contributed by atoms with van der Waals surface area (Å²) in [6.45, 7) is 0.963. The van der Waals surface area contributed by atoms with E-state index in [0.29, 0.717) is 41.7 Å². The van der Waals surface area contributed by atoms with Crippen molar-refractivity contribution in [2.45, 2.75) is 0 Å². The monoisotopic (exact) mass is 375 g/mol. The van der Waals surface area contributed by atoms with E-state index < -0.39 is 5.91 Å². The topological polar surface area (TPSA) is 89.6 Å². The summed E-state index contributed by atoms with van der Waals surface area (Å²) in [5, 5.41) is 5.53. The number of hydrogen-bond donors (Lipinski definition) is 2. The summed E-state index contributed by atoms with van der Waals surface area (Å²) >= 11 is 0. The lowest BCUT2D eigenvalue weighted by atomic mass is 10.2. The van der Waals surface area contributed by atoms with Gasteiger partial charge in [0.15, 0.2) is 11.5 Å². The van der Waals surface area contributed by atoms with Gasteiger partial charge in [0.05, 0.1) is 0 Å². The van der Waals surface area contributed by atoms with Crippen LogP contribution in [0.5, 0.6) is 11.5 Å². The van der Waals surface area contributed by atoms with E-state index in [1.54, 1.807) is 36.4 Å². The van der Waals surface area contributed by atoms with Gasteiger partial charge in [-0.3, -0.25) is 14.6 Å². The summed E-state index contributed by atoms with van der Waals surface area (Å²) in [4.78, 5) is 29.0. The van der Waals surface area contributed by atoms with Crippen LogP contribution in [0.1, 0.15) is 20.8 Å². The van der Waals surface area contributed by atoms with Gasteiger partial charge in [-0.1, -0.05) is 18.2 Å². The smallest absolute Gasteiger partial charge is 0.274 e. The molecule has 1 aromatic heterocycles. The molecular weight excluding hydrogens is 358 g/mol. The molecule has 2 aromatic carbocycles. The van der Waals surface area contributed by atoms with E-state index in [1.807, 2.05) is 18.2 Å². The molecule has 2 heterocycles. The van der Waals surface area contributed by atoms with Gasteiger partial charge >= 0.3 is 0 Å². The van der Waals surface area contributed by atoms with Crippen LogP contribution in [-0.2, 0) is 0 Å². The largest absolute Gasteiger partial charge is 0.486 e. The zero-order chi connectivity index (χ0) is 19.3. The zero-order valence-electron chi connectivity index (χ0n) is 14.8. The molecule has 7 nitrogen and oxygen atoms in total. The molecule has 0 saturated heterocycles. The summed E-state index contributed by atoms with van der Waals surface area (Å²) in [5.74, 6) is 0.475. The first-order chi connectivity index (χ1) is 13.7. The molecule has 0 saturated carbocycles. The minimum Gasteiger partial charge on any atom is -0.486 e. The number of aromatic nitrogens is 1. The van der Waals surface area contributed by atoms with Crippen molar-refractivity contribution in [1.29, 1.82) is 0 Å². The number of rotatable bonds is 4. The lowest BCUT2D eigenvalue weighted by molar-refractivity contribution is 0.102. The van der Waals surface area contributed by atoms with Crippen LogP contribution in [0.15, 0.2) is 66.9 Å². The van der Waals surface area contributed by atoms with Crippen molar-refractivity contribution in [2.24, 2.45) is 0 Å². The second kappa shape index (κ2) is 7.79. The summed E-state index contributed by atoms with van der Waals surface area (Å²) in [6.07, 6.45) is 1.43. The predicted octanol–water partition coefficient (Wildman–Crippen LogP) is 3.36. The fourth-order valence-electron chi connectivity index (χ4n) is 2.74. The molecular formula is C21H17N3O4. The quantitative estimate of drug-likeness (QED) is 0.730. The Kier molecular flexibility index (Phi) is 4.88. The van der Waals surface area contributed by atoms with Gasteiger partial charge < -0.3 is 20.1 Å². The lowest BCUT2D eigenvalue weighted by Crippen LogP contribution is -2.18. The summed E-state index contributed by atoms with van der Waals surface area (Å²) in [5.41, 5.74) is 1.70. The molecule has 3 aromatic rings. The van der Waals surface area contributed by atoms with Crippen LogP contribution in [-0.4, -0.2) is 30.0 Å². The summed E-state index contributed by atoms with van der Waals surface area (Å²) in [6, 6.07) is 17.2. The molecule has 0 radical (unpaired) electrons. The number of hydrogen-bond acceptors (Lipinski definition) is 5. The van der Waals surface area contributed by atoms with Gasteiger partial charge in [-0.05, 0) is 36.4 Å². The molecule has 7 heteroatoms. The minimum atomic E-state index is -0.425.